The number of aromatic amines is 2. The number of morpholine rings is 1. The van der Waals surface area contributed by atoms with E-state index >= 15 is 0 Å². The second kappa shape index (κ2) is 9.07. The van der Waals surface area contributed by atoms with Crippen LogP contribution in [0.25, 0.3) is 22.3 Å². The highest BCUT2D eigenvalue weighted by molar-refractivity contribution is 6.13. The maximum Gasteiger partial charge on any atom is 0.242 e. The minimum Gasteiger partial charge on any atom is -0.378 e. The minimum absolute atomic E-state index is 0.00325. The summed E-state index contributed by atoms with van der Waals surface area (Å²) in [4.78, 5) is 34.8. The maximum absolute atomic E-state index is 14.2. The number of hydrogen-bond donors (Lipinski definition) is 2. The third-order valence-corrected chi connectivity index (χ3v) is 8.33. The molecule has 0 unspecified atom stereocenters. The fourth-order valence-electron chi connectivity index (χ4n) is 6.69. The van der Waals surface area contributed by atoms with Crippen LogP contribution in [-0.4, -0.2) is 64.7 Å². The second-order valence-corrected chi connectivity index (χ2v) is 10.5. The van der Waals surface area contributed by atoms with Gasteiger partial charge >= 0.3 is 0 Å². The molecule has 2 amide bonds. The molecule has 190 valence electrons. The Morgan fingerprint density at radius 1 is 1.11 bits per heavy atom. The predicted molar refractivity (Wildman–Crippen MR) is 139 cm³/mol. The Morgan fingerprint density at radius 3 is 2.64 bits per heavy atom. The average molecular weight is 490 g/mol. The number of H-pyrrole nitrogens is 2. The number of amides is 2. The molecule has 0 spiro atoms. The first kappa shape index (κ1) is 23.3. The van der Waals surface area contributed by atoms with Gasteiger partial charge in [-0.3, -0.25) is 14.7 Å². The highest BCUT2D eigenvalue weighted by atomic mass is 16.5. The lowest BCUT2D eigenvalue weighted by Gasteiger charge is -2.30. The van der Waals surface area contributed by atoms with Crippen molar-refractivity contribution in [1.29, 1.82) is 0 Å². The molecule has 36 heavy (non-hydrogen) atoms. The van der Waals surface area contributed by atoms with Gasteiger partial charge in [0, 0.05) is 29.7 Å². The van der Waals surface area contributed by atoms with Gasteiger partial charge in [0.15, 0.2) is 0 Å². The number of ether oxygens (including phenoxy) is 1. The topological polar surface area (TPSA) is 94.3 Å². The number of benzene rings is 1. The van der Waals surface area contributed by atoms with Crippen LogP contribution in [0.3, 0.4) is 0 Å². The van der Waals surface area contributed by atoms with E-state index in [0.29, 0.717) is 26.3 Å². The molecule has 0 atom stereocenters. The van der Waals surface area contributed by atoms with Crippen molar-refractivity contribution in [1.82, 2.24) is 20.1 Å². The van der Waals surface area contributed by atoms with Crippen LogP contribution in [0, 0.1) is 0 Å². The van der Waals surface area contributed by atoms with Crippen LogP contribution in [0.15, 0.2) is 18.3 Å². The number of carbonyl (C=O) groups excluding carboxylic acids is 2. The van der Waals surface area contributed by atoms with Crippen LogP contribution in [0.5, 0.6) is 0 Å². The number of hydrogen-bond acceptors (Lipinski definition) is 4. The molecule has 1 aromatic carbocycles. The Balaban J connectivity index is 1.49. The van der Waals surface area contributed by atoms with Gasteiger partial charge in [-0.2, -0.15) is 5.10 Å². The zero-order chi connectivity index (χ0) is 24.9. The molecule has 2 aliphatic heterocycles. The molecular formula is C28H35N5O3. The van der Waals surface area contributed by atoms with Crippen LogP contribution in [-0.2, 0) is 32.6 Å². The van der Waals surface area contributed by atoms with Crippen molar-refractivity contribution in [3.63, 3.8) is 0 Å². The molecule has 6 rings (SSSR count). The van der Waals surface area contributed by atoms with Crippen molar-refractivity contribution in [3.8, 4) is 11.4 Å². The molecule has 1 saturated heterocycles. The molecule has 0 radical (unpaired) electrons. The molecule has 2 N–H and O–H groups in total. The summed E-state index contributed by atoms with van der Waals surface area (Å²) < 4.78 is 5.43. The molecule has 0 bridgehead atoms. The molecule has 2 aromatic heterocycles. The van der Waals surface area contributed by atoms with Crippen LogP contribution in [0.1, 0.15) is 62.6 Å². The van der Waals surface area contributed by atoms with E-state index < -0.39 is 5.41 Å². The fraction of sp³-hybridized carbons (Fsp3) is 0.536. The zero-order valence-electron chi connectivity index (χ0n) is 21.3. The summed E-state index contributed by atoms with van der Waals surface area (Å²) in [5.41, 5.74) is 7.15. The number of carbonyl (C=O) groups is 2. The van der Waals surface area contributed by atoms with E-state index in [1.54, 1.807) is 4.90 Å². The molecule has 4 heterocycles. The first-order valence-electron chi connectivity index (χ1n) is 13.5. The smallest absolute Gasteiger partial charge is 0.242 e. The van der Waals surface area contributed by atoms with Gasteiger partial charge in [0.05, 0.1) is 36.2 Å². The van der Waals surface area contributed by atoms with Crippen LogP contribution in [0.2, 0.25) is 0 Å². The van der Waals surface area contributed by atoms with E-state index in [2.05, 4.69) is 41.2 Å². The average Bonchev–Trinajstić information content (AvgIpc) is 3.52. The number of aryl methyl sites for hydroxylation is 2. The summed E-state index contributed by atoms with van der Waals surface area (Å²) >= 11 is 0. The van der Waals surface area contributed by atoms with Crippen molar-refractivity contribution in [3.05, 3.63) is 35.0 Å². The van der Waals surface area contributed by atoms with Gasteiger partial charge in [0.1, 0.15) is 6.54 Å². The van der Waals surface area contributed by atoms with Crippen molar-refractivity contribution >= 4 is 28.4 Å². The van der Waals surface area contributed by atoms with Gasteiger partial charge in [0.25, 0.3) is 0 Å². The predicted octanol–water partition coefficient (Wildman–Crippen LogP) is 4.09. The van der Waals surface area contributed by atoms with Crippen molar-refractivity contribution in [2.24, 2.45) is 0 Å². The summed E-state index contributed by atoms with van der Waals surface area (Å²) in [6.45, 7) is 6.64. The summed E-state index contributed by atoms with van der Waals surface area (Å²) in [6, 6.07) is 4.39. The maximum atomic E-state index is 14.2. The van der Waals surface area contributed by atoms with Gasteiger partial charge in [-0.1, -0.05) is 26.7 Å². The van der Waals surface area contributed by atoms with E-state index in [1.165, 1.54) is 11.1 Å². The standard InChI is InChI=1S/C28H35N5O3/c1-3-8-28(9-4-2)21-15-22-20(19-7-5-6-18-16-29-31-25(18)26(19)30-22)14-23(21)33(27(28)35)17-24(34)32-10-12-36-13-11-32/h14-16,30H,3-13,17H2,1-2H3,(H,29,31). The van der Waals surface area contributed by atoms with Crippen molar-refractivity contribution < 1.29 is 14.3 Å². The SMILES string of the molecule is CCCC1(CCC)C(=O)N(CC(=O)N2CCOCC2)c2cc3c4c([nH]c3cc21)-c1[nH]ncc1CCC4. The monoisotopic (exact) mass is 489 g/mol. The lowest BCUT2D eigenvalue weighted by Crippen LogP contribution is -2.48. The largest absolute Gasteiger partial charge is 0.378 e. The number of anilines is 1. The lowest BCUT2D eigenvalue weighted by atomic mass is 9.74. The number of fused-ring (bicyclic) bond motifs is 6. The Morgan fingerprint density at radius 2 is 1.89 bits per heavy atom. The van der Waals surface area contributed by atoms with Crippen LogP contribution >= 0.6 is 0 Å². The van der Waals surface area contributed by atoms with Gasteiger partial charge in [-0.25, -0.2) is 0 Å². The molecular weight excluding hydrogens is 454 g/mol. The van der Waals surface area contributed by atoms with E-state index in [1.807, 2.05) is 11.1 Å². The van der Waals surface area contributed by atoms with Crippen molar-refractivity contribution in [2.45, 2.75) is 64.2 Å². The molecule has 3 aromatic rings. The highest BCUT2D eigenvalue weighted by Gasteiger charge is 2.50. The number of nitrogens with one attached hydrogen (secondary N) is 2. The summed E-state index contributed by atoms with van der Waals surface area (Å²) in [6.07, 6.45) is 8.33. The van der Waals surface area contributed by atoms with E-state index in [0.717, 1.165) is 78.5 Å². The molecule has 8 nitrogen and oxygen atoms in total. The van der Waals surface area contributed by atoms with E-state index in [9.17, 15) is 9.59 Å². The van der Waals surface area contributed by atoms with Crippen molar-refractivity contribution in [2.75, 3.05) is 37.7 Å². The van der Waals surface area contributed by atoms with E-state index in [-0.39, 0.29) is 18.4 Å². The summed E-state index contributed by atoms with van der Waals surface area (Å²) in [5.74, 6) is 0.0777. The molecule has 1 fully saturated rings. The third kappa shape index (κ3) is 3.49. The van der Waals surface area contributed by atoms with Crippen LogP contribution < -0.4 is 4.90 Å². The number of nitrogens with zero attached hydrogens (tertiary/aromatic N) is 3. The Kier molecular flexibility index (Phi) is 5.86. The second-order valence-electron chi connectivity index (χ2n) is 10.5. The Hall–Kier alpha value is -3.13. The first-order valence-corrected chi connectivity index (χ1v) is 13.5. The fourth-order valence-corrected chi connectivity index (χ4v) is 6.69. The molecule has 3 aliphatic rings. The zero-order valence-corrected chi connectivity index (χ0v) is 21.3. The van der Waals surface area contributed by atoms with Gasteiger partial charge in [-0.15, -0.1) is 0 Å². The van der Waals surface area contributed by atoms with Gasteiger partial charge in [-0.05, 0) is 60.9 Å². The van der Waals surface area contributed by atoms with Gasteiger partial charge < -0.3 is 19.5 Å². The molecule has 0 saturated carbocycles. The quantitative estimate of drug-likeness (QED) is 0.545. The number of aromatic nitrogens is 3. The molecule has 1 aliphatic carbocycles. The Bertz CT molecular complexity index is 1310. The normalized spacial score (nSPS) is 18.8. The lowest BCUT2D eigenvalue weighted by molar-refractivity contribution is -0.135. The van der Waals surface area contributed by atoms with E-state index in [4.69, 9.17) is 4.74 Å². The molecule has 8 heteroatoms. The highest BCUT2D eigenvalue weighted by Crippen LogP contribution is 2.50. The van der Waals surface area contributed by atoms with Crippen LogP contribution in [0.4, 0.5) is 5.69 Å². The third-order valence-electron chi connectivity index (χ3n) is 8.33. The summed E-state index contributed by atoms with van der Waals surface area (Å²) in [7, 11) is 0. The number of rotatable bonds is 6. The first-order chi connectivity index (χ1) is 17.6. The van der Waals surface area contributed by atoms with Gasteiger partial charge in [0.2, 0.25) is 11.8 Å². The minimum atomic E-state index is -0.583. The summed E-state index contributed by atoms with van der Waals surface area (Å²) in [5, 5.41) is 8.64. The Labute approximate surface area is 211 Å².